The van der Waals surface area contributed by atoms with Gasteiger partial charge in [-0.3, -0.25) is 0 Å². The van der Waals surface area contributed by atoms with Crippen molar-refractivity contribution in [1.82, 2.24) is 4.42 Å². The summed E-state index contributed by atoms with van der Waals surface area (Å²) in [5.41, 5.74) is 1.35. The van der Waals surface area contributed by atoms with Crippen molar-refractivity contribution in [1.29, 1.82) is 0 Å². The molecule has 0 heterocycles. The van der Waals surface area contributed by atoms with E-state index in [1.165, 1.54) is 5.56 Å². The Morgan fingerprint density at radius 2 is 1.85 bits per heavy atom. The number of halogens is 1. The number of hydrogen-bond acceptors (Lipinski definition) is 1. The second-order valence-electron chi connectivity index (χ2n) is 3.15. The van der Waals surface area contributed by atoms with E-state index < -0.39 is 0 Å². The summed E-state index contributed by atoms with van der Waals surface area (Å²) < 4.78 is 1.85. The zero-order valence-electron chi connectivity index (χ0n) is 8.04. The second kappa shape index (κ2) is 6.01. The summed E-state index contributed by atoms with van der Waals surface area (Å²) in [6, 6.07) is 10.4. The maximum Gasteiger partial charge on any atom is 0.0179 e. The normalized spacial score (nSPS) is 10.7. The van der Waals surface area contributed by atoms with Crippen LogP contribution in [0.3, 0.4) is 0 Å². The van der Waals surface area contributed by atoms with Crippen LogP contribution in [0.1, 0.15) is 18.9 Å². The molecular formula is C11H16ClN. The van der Waals surface area contributed by atoms with E-state index in [2.05, 4.69) is 31.2 Å². The van der Waals surface area contributed by atoms with Crippen molar-refractivity contribution >= 4 is 11.8 Å². The van der Waals surface area contributed by atoms with Crippen molar-refractivity contribution in [3.05, 3.63) is 35.9 Å². The van der Waals surface area contributed by atoms with Gasteiger partial charge in [0.2, 0.25) is 0 Å². The first-order valence-corrected chi connectivity index (χ1v) is 5.11. The van der Waals surface area contributed by atoms with E-state index in [4.69, 9.17) is 11.8 Å². The fraction of sp³-hybridized carbons (Fsp3) is 0.455. The fourth-order valence-electron chi connectivity index (χ4n) is 1.25. The monoisotopic (exact) mass is 197 g/mol. The van der Waals surface area contributed by atoms with Gasteiger partial charge in [-0.05, 0) is 30.2 Å². The lowest BCUT2D eigenvalue weighted by atomic mass is 10.1. The molecule has 0 atom stereocenters. The molecule has 0 aliphatic carbocycles. The van der Waals surface area contributed by atoms with Gasteiger partial charge < -0.3 is 0 Å². The molecule has 72 valence electrons. The average molecular weight is 198 g/mol. The third-order valence-electron chi connectivity index (χ3n) is 1.95. The molecule has 2 heteroatoms. The summed E-state index contributed by atoms with van der Waals surface area (Å²) in [4.78, 5) is 0. The van der Waals surface area contributed by atoms with E-state index >= 15 is 0 Å². The zero-order valence-corrected chi connectivity index (χ0v) is 8.80. The molecule has 0 radical (unpaired) electrons. The highest BCUT2D eigenvalue weighted by molar-refractivity contribution is 6.13. The Morgan fingerprint density at radius 1 is 1.15 bits per heavy atom. The molecule has 0 saturated heterocycles. The molecule has 1 aromatic carbocycles. The molecule has 0 unspecified atom stereocenters. The molecule has 1 nitrogen and oxygen atoms in total. The van der Waals surface area contributed by atoms with Crippen LogP contribution in [0, 0.1) is 0 Å². The molecule has 0 bridgehead atoms. The van der Waals surface area contributed by atoms with Crippen LogP contribution >= 0.6 is 11.8 Å². The van der Waals surface area contributed by atoms with Gasteiger partial charge in [0.25, 0.3) is 0 Å². The molecule has 0 aromatic heterocycles. The third-order valence-corrected chi connectivity index (χ3v) is 2.29. The maximum atomic E-state index is 5.96. The van der Waals surface area contributed by atoms with Gasteiger partial charge in [-0.25, -0.2) is 4.42 Å². The predicted molar refractivity (Wildman–Crippen MR) is 57.9 cm³/mol. The zero-order chi connectivity index (χ0) is 9.52. The van der Waals surface area contributed by atoms with Crippen molar-refractivity contribution in [2.75, 3.05) is 13.1 Å². The van der Waals surface area contributed by atoms with Crippen molar-refractivity contribution in [2.45, 2.75) is 19.8 Å². The number of benzene rings is 1. The quantitative estimate of drug-likeness (QED) is 0.656. The molecule has 1 rings (SSSR count). The lowest BCUT2D eigenvalue weighted by molar-refractivity contribution is 0.457. The van der Waals surface area contributed by atoms with Crippen LogP contribution in [-0.2, 0) is 6.42 Å². The minimum absolute atomic E-state index is 0.930. The Balaban J connectivity index is 2.27. The molecule has 0 aliphatic rings. The van der Waals surface area contributed by atoms with E-state index in [1.54, 1.807) is 0 Å². The van der Waals surface area contributed by atoms with Crippen molar-refractivity contribution in [3.63, 3.8) is 0 Å². The molecule has 0 spiro atoms. The van der Waals surface area contributed by atoms with Gasteiger partial charge in [0.1, 0.15) is 0 Å². The Kier molecular flexibility index (Phi) is 4.87. The highest BCUT2D eigenvalue weighted by atomic mass is 35.5. The summed E-state index contributed by atoms with van der Waals surface area (Å²) >= 11 is 5.96. The minimum atomic E-state index is 0.930. The third kappa shape index (κ3) is 4.30. The smallest absolute Gasteiger partial charge is 0.0179 e. The first-order valence-electron chi connectivity index (χ1n) is 4.77. The molecule has 0 fully saturated rings. The van der Waals surface area contributed by atoms with E-state index in [0.29, 0.717) is 0 Å². The van der Waals surface area contributed by atoms with Crippen molar-refractivity contribution in [2.24, 2.45) is 0 Å². The first-order chi connectivity index (χ1) is 6.33. The summed E-state index contributed by atoms with van der Waals surface area (Å²) in [7, 11) is 0. The second-order valence-corrected chi connectivity index (χ2v) is 3.62. The number of hydrogen-bond donors (Lipinski definition) is 0. The minimum Gasteiger partial charge on any atom is -0.220 e. The van der Waals surface area contributed by atoms with Gasteiger partial charge in [0.15, 0.2) is 0 Å². The summed E-state index contributed by atoms with van der Waals surface area (Å²) in [6.45, 7) is 4.03. The van der Waals surface area contributed by atoms with Crippen LogP contribution in [-0.4, -0.2) is 17.5 Å². The van der Waals surface area contributed by atoms with E-state index in [0.717, 1.165) is 25.9 Å². The van der Waals surface area contributed by atoms with Gasteiger partial charge in [0.05, 0.1) is 0 Å². The van der Waals surface area contributed by atoms with Gasteiger partial charge in [-0.15, -0.1) is 0 Å². The number of nitrogens with zero attached hydrogens (tertiary/aromatic N) is 1. The highest BCUT2D eigenvalue weighted by Gasteiger charge is 1.98. The van der Waals surface area contributed by atoms with E-state index in [-0.39, 0.29) is 0 Å². The van der Waals surface area contributed by atoms with E-state index in [1.807, 2.05) is 10.5 Å². The first kappa shape index (κ1) is 10.6. The fourth-order valence-corrected chi connectivity index (χ4v) is 1.50. The SMILES string of the molecule is CCCN(Cl)CCc1ccccc1. The number of rotatable bonds is 5. The molecule has 1 aromatic rings. The molecule has 0 amide bonds. The molecule has 0 N–H and O–H groups in total. The molecule has 13 heavy (non-hydrogen) atoms. The van der Waals surface area contributed by atoms with Gasteiger partial charge in [0, 0.05) is 13.1 Å². The van der Waals surface area contributed by atoms with Crippen LogP contribution in [0.2, 0.25) is 0 Å². The topological polar surface area (TPSA) is 3.24 Å². The van der Waals surface area contributed by atoms with Crippen molar-refractivity contribution in [3.8, 4) is 0 Å². The Hall–Kier alpha value is -0.530. The average Bonchev–Trinajstić information content (AvgIpc) is 2.17. The Bertz CT molecular complexity index is 223. The van der Waals surface area contributed by atoms with Gasteiger partial charge >= 0.3 is 0 Å². The molecule has 0 aliphatic heterocycles. The van der Waals surface area contributed by atoms with E-state index in [9.17, 15) is 0 Å². The molecule has 0 saturated carbocycles. The molecular weight excluding hydrogens is 182 g/mol. The van der Waals surface area contributed by atoms with Crippen molar-refractivity contribution < 1.29 is 0 Å². The Morgan fingerprint density at radius 3 is 2.46 bits per heavy atom. The standard InChI is InChI=1S/C11H16ClN/c1-2-9-13(12)10-8-11-6-4-3-5-7-11/h3-7H,2,8-10H2,1H3. The summed E-state index contributed by atoms with van der Waals surface area (Å²) in [6.07, 6.45) is 2.14. The van der Waals surface area contributed by atoms with Crippen LogP contribution in [0.15, 0.2) is 30.3 Å². The summed E-state index contributed by atoms with van der Waals surface area (Å²) in [5.74, 6) is 0. The van der Waals surface area contributed by atoms with Gasteiger partial charge in [-0.2, -0.15) is 0 Å². The predicted octanol–water partition coefficient (Wildman–Crippen LogP) is 3.09. The lowest BCUT2D eigenvalue weighted by Crippen LogP contribution is -2.16. The summed E-state index contributed by atoms with van der Waals surface area (Å²) in [5, 5.41) is 0. The van der Waals surface area contributed by atoms with Crippen LogP contribution in [0.4, 0.5) is 0 Å². The largest absolute Gasteiger partial charge is 0.220 e. The van der Waals surface area contributed by atoms with Crippen LogP contribution in [0.5, 0.6) is 0 Å². The van der Waals surface area contributed by atoms with Crippen LogP contribution < -0.4 is 0 Å². The maximum absolute atomic E-state index is 5.96. The van der Waals surface area contributed by atoms with Gasteiger partial charge in [-0.1, -0.05) is 37.3 Å². The lowest BCUT2D eigenvalue weighted by Gasteiger charge is -2.11. The Labute approximate surface area is 85.4 Å². The van der Waals surface area contributed by atoms with Crippen LogP contribution in [0.25, 0.3) is 0 Å². The highest BCUT2D eigenvalue weighted by Crippen LogP contribution is 2.03.